The van der Waals surface area contributed by atoms with Crippen LogP contribution in [0.4, 0.5) is 0 Å². The molecule has 0 amide bonds. The lowest BCUT2D eigenvalue weighted by molar-refractivity contribution is -0.347. The molecule has 0 aromatic carbocycles. The monoisotopic (exact) mass is 149 g/mol. The van der Waals surface area contributed by atoms with Gasteiger partial charge in [-0.2, -0.15) is 0 Å². The minimum Gasteiger partial charge on any atom is -0.330 e. The highest BCUT2D eigenvalue weighted by atomic mass is 16.9. The van der Waals surface area contributed by atoms with Gasteiger partial charge in [-0.25, -0.2) is 0 Å². The maximum Gasteiger partial charge on any atom is 0.295 e. The minimum atomic E-state index is -0.936. The zero-order valence-corrected chi connectivity index (χ0v) is 6.93. The summed E-state index contributed by atoms with van der Waals surface area (Å²) in [5.41, 5.74) is 0. The van der Waals surface area contributed by atoms with Crippen molar-refractivity contribution in [1.29, 1.82) is 0 Å². The first kappa shape index (κ1) is 9.84. The quantitative estimate of drug-likeness (QED) is 0.549. The first-order valence-corrected chi connectivity index (χ1v) is 3.04. The molecule has 0 bridgehead atoms. The highest BCUT2D eigenvalue weighted by Gasteiger charge is 2.27. The summed E-state index contributed by atoms with van der Waals surface area (Å²) < 4.78 is 14.9. The molecule has 0 aromatic heterocycles. The van der Waals surface area contributed by atoms with Gasteiger partial charge in [-0.15, -0.1) is 0 Å². The summed E-state index contributed by atoms with van der Waals surface area (Å²) in [6.45, 7) is 0.497. The standard InChI is InChI=1S/C6H15NO3/c1-7-5-6(8-2,9-3)10-4/h7H,5H2,1-4H3. The third kappa shape index (κ3) is 2.22. The van der Waals surface area contributed by atoms with Crippen LogP contribution in [0.5, 0.6) is 0 Å². The molecule has 62 valence electrons. The highest BCUT2D eigenvalue weighted by molar-refractivity contribution is 4.56. The second-order valence-corrected chi connectivity index (χ2v) is 1.83. The second kappa shape index (κ2) is 4.62. The Balaban J connectivity index is 3.87. The van der Waals surface area contributed by atoms with E-state index in [1.165, 1.54) is 21.3 Å². The summed E-state index contributed by atoms with van der Waals surface area (Å²) in [5.74, 6) is -0.936. The van der Waals surface area contributed by atoms with Crippen LogP contribution in [0.25, 0.3) is 0 Å². The largest absolute Gasteiger partial charge is 0.330 e. The SMILES string of the molecule is CNCC(OC)(OC)OC. The molecule has 0 fully saturated rings. The summed E-state index contributed by atoms with van der Waals surface area (Å²) in [5, 5.41) is 2.89. The maximum absolute atomic E-state index is 4.97. The number of hydrogen-bond donors (Lipinski definition) is 1. The van der Waals surface area contributed by atoms with Gasteiger partial charge in [0.2, 0.25) is 0 Å². The number of ether oxygens (including phenoxy) is 3. The molecular weight excluding hydrogens is 134 g/mol. The van der Waals surface area contributed by atoms with E-state index in [1.807, 2.05) is 0 Å². The van der Waals surface area contributed by atoms with Crippen molar-refractivity contribution in [3.8, 4) is 0 Å². The summed E-state index contributed by atoms with van der Waals surface area (Å²) in [4.78, 5) is 0. The van der Waals surface area contributed by atoms with E-state index >= 15 is 0 Å². The van der Waals surface area contributed by atoms with Gasteiger partial charge in [-0.3, -0.25) is 0 Å². The van der Waals surface area contributed by atoms with Gasteiger partial charge in [0.1, 0.15) is 0 Å². The normalized spacial score (nSPS) is 12.0. The van der Waals surface area contributed by atoms with Crippen molar-refractivity contribution in [2.24, 2.45) is 0 Å². The van der Waals surface area contributed by atoms with Gasteiger partial charge in [0, 0.05) is 21.3 Å². The summed E-state index contributed by atoms with van der Waals surface area (Å²) >= 11 is 0. The number of hydrogen-bond acceptors (Lipinski definition) is 4. The Labute approximate surface area is 61.5 Å². The van der Waals surface area contributed by atoms with Crippen molar-refractivity contribution in [3.63, 3.8) is 0 Å². The Morgan fingerprint density at radius 3 is 1.60 bits per heavy atom. The number of methoxy groups -OCH3 is 3. The van der Waals surface area contributed by atoms with Crippen molar-refractivity contribution in [2.75, 3.05) is 34.9 Å². The molecule has 0 rings (SSSR count). The Bertz CT molecular complexity index is 74.8. The van der Waals surface area contributed by atoms with Crippen molar-refractivity contribution in [1.82, 2.24) is 5.32 Å². The molecule has 0 spiro atoms. The molecule has 4 heteroatoms. The second-order valence-electron chi connectivity index (χ2n) is 1.83. The Morgan fingerprint density at radius 1 is 1.10 bits per heavy atom. The van der Waals surface area contributed by atoms with Gasteiger partial charge in [0.05, 0.1) is 6.54 Å². The van der Waals surface area contributed by atoms with E-state index in [-0.39, 0.29) is 0 Å². The van der Waals surface area contributed by atoms with E-state index in [2.05, 4.69) is 5.32 Å². The van der Waals surface area contributed by atoms with Crippen LogP contribution < -0.4 is 5.32 Å². The molecule has 10 heavy (non-hydrogen) atoms. The van der Waals surface area contributed by atoms with E-state index in [4.69, 9.17) is 14.2 Å². The van der Waals surface area contributed by atoms with Crippen LogP contribution in [-0.2, 0) is 14.2 Å². The van der Waals surface area contributed by atoms with E-state index in [0.717, 1.165) is 0 Å². The molecule has 0 saturated carbocycles. The third-order valence-electron chi connectivity index (χ3n) is 1.33. The topological polar surface area (TPSA) is 39.7 Å². The molecule has 0 aliphatic heterocycles. The van der Waals surface area contributed by atoms with Gasteiger partial charge in [0.25, 0.3) is 5.97 Å². The zero-order chi connectivity index (χ0) is 8.04. The summed E-state index contributed by atoms with van der Waals surface area (Å²) in [6.07, 6.45) is 0. The molecular formula is C6H15NO3. The molecule has 0 saturated heterocycles. The van der Waals surface area contributed by atoms with E-state index in [0.29, 0.717) is 6.54 Å². The van der Waals surface area contributed by atoms with Crippen LogP contribution in [0.15, 0.2) is 0 Å². The predicted molar refractivity (Wildman–Crippen MR) is 37.7 cm³/mol. The summed E-state index contributed by atoms with van der Waals surface area (Å²) in [6, 6.07) is 0. The van der Waals surface area contributed by atoms with Gasteiger partial charge in [-0.1, -0.05) is 0 Å². The molecule has 1 N–H and O–H groups in total. The van der Waals surface area contributed by atoms with Crippen molar-refractivity contribution in [3.05, 3.63) is 0 Å². The molecule has 0 unspecified atom stereocenters. The number of nitrogens with one attached hydrogen (secondary N) is 1. The lowest BCUT2D eigenvalue weighted by atomic mass is 10.5. The molecule has 0 aliphatic rings. The summed E-state index contributed by atoms with van der Waals surface area (Å²) in [7, 11) is 6.39. The minimum absolute atomic E-state index is 0.497. The Morgan fingerprint density at radius 2 is 1.50 bits per heavy atom. The number of rotatable bonds is 5. The fourth-order valence-corrected chi connectivity index (χ4v) is 0.683. The van der Waals surface area contributed by atoms with Crippen LogP contribution in [0.1, 0.15) is 0 Å². The Kier molecular flexibility index (Phi) is 4.55. The van der Waals surface area contributed by atoms with Crippen LogP contribution >= 0.6 is 0 Å². The van der Waals surface area contributed by atoms with E-state index in [9.17, 15) is 0 Å². The van der Waals surface area contributed by atoms with Crippen LogP contribution in [0.3, 0.4) is 0 Å². The van der Waals surface area contributed by atoms with E-state index < -0.39 is 5.97 Å². The number of likely N-dealkylation sites (N-methyl/N-ethyl adjacent to an activating group) is 1. The average molecular weight is 149 g/mol. The predicted octanol–water partition coefficient (Wildman–Crippen LogP) is -0.201. The van der Waals surface area contributed by atoms with E-state index in [1.54, 1.807) is 7.05 Å². The Hall–Kier alpha value is -0.160. The fourth-order valence-electron chi connectivity index (χ4n) is 0.683. The maximum atomic E-state index is 4.97. The molecule has 0 aliphatic carbocycles. The molecule has 0 radical (unpaired) electrons. The van der Waals surface area contributed by atoms with Crippen molar-refractivity contribution >= 4 is 0 Å². The first-order chi connectivity index (χ1) is 4.74. The molecule has 4 nitrogen and oxygen atoms in total. The van der Waals surface area contributed by atoms with Gasteiger partial charge < -0.3 is 19.5 Å². The molecule has 0 heterocycles. The van der Waals surface area contributed by atoms with Crippen molar-refractivity contribution in [2.45, 2.75) is 5.97 Å². The molecule has 0 aromatic rings. The third-order valence-corrected chi connectivity index (χ3v) is 1.33. The van der Waals surface area contributed by atoms with Crippen LogP contribution in [0.2, 0.25) is 0 Å². The molecule has 0 atom stereocenters. The van der Waals surface area contributed by atoms with Crippen LogP contribution in [-0.4, -0.2) is 40.9 Å². The lowest BCUT2D eigenvalue weighted by Gasteiger charge is -2.27. The highest BCUT2D eigenvalue weighted by Crippen LogP contribution is 2.09. The van der Waals surface area contributed by atoms with Crippen molar-refractivity contribution < 1.29 is 14.2 Å². The van der Waals surface area contributed by atoms with Gasteiger partial charge in [0.15, 0.2) is 0 Å². The first-order valence-electron chi connectivity index (χ1n) is 3.04. The van der Waals surface area contributed by atoms with Gasteiger partial charge >= 0.3 is 0 Å². The average Bonchev–Trinajstić information content (AvgIpc) is 2.01. The van der Waals surface area contributed by atoms with Crippen LogP contribution in [0, 0.1) is 0 Å². The lowest BCUT2D eigenvalue weighted by Crippen LogP contribution is -2.44. The van der Waals surface area contributed by atoms with Gasteiger partial charge in [-0.05, 0) is 7.05 Å². The smallest absolute Gasteiger partial charge is 0.295 e. The zero-order valence-electron chi connectivity index (χ0n) is 6.93. The fraction of sp³-hybridized carbons (Fsp3) is 1.00.